The van der Waals surface area contributed by atoms with Gasteiger partial charge in [0.05, 0.1) is 20.0 Å². The molecule has 0 bridgehead atoms. The monoisotopic (exact) mass is 312 g/mol. The maximum absolute atomic E-state index is 13.5. The number of halogens is 2. The number of nitrogens with zero attached hydrogens (tertiary/aromatic N) is 2. The number of hydrogen-bond donors (Lipinski definition) is 0. The van der Waals surface area contributed by atoms with Crippen LogP contribution in [0.2, 0.25) is 0 Å². The highest BCUT2D eigenvalue weighted by molar-refractivity contribution is 9.10. The van der Waals surface area contributed by atoms with E-state index in [0.29, 0.717) is 10.0 Å². The van der Waals surface area contributed by atoms with Gasteiger partial charge in [0.25, 0.3) is 5.56 Å². The van der Waals surface area contributed by atoms with E-state index in [-0.39, 0.29) is 17.9 Å². The number of rotatable bonds is 3. The average Bonchev–Trinajstić information content (AvgIpc) is 2.35. The van der Waals surface area contributed by atoms with Crippen LogP contribution >= 0.6 is 15.9 Å². The average molecular weight is 313 g/mol. The van der Waals surface area contributed by atoms with E-state index in [2.05, 4.69) is 20.9 Å². The number of ether oxygens (including phenoxy) is 1. The first-order valence-electron chi connectivity index (χ1n) is 5.14. The second-order valence-electron chi connectivity index (χ2n) is 3.64. The maximum Gasteiger partial charge on any atom is 0.267 e. The normalized spacial score (nSPS) is 10.4. The van der Waals surface area contributed by atoms with E-state index in [9.17, 15) is 9.18 Å². The highest BCUT2D eigenvalue weighted by Gasteiger charge is 2.06. The molecule has 2 rings (SSSR count). The van der Waals surface area contributed by atoms with Crippen LogP contribution < -0.4 is 10.3 Å². The van der Waals surface area contributed by atoms with Gasteiger partial charge in [-0.3, -0.25) is 9.36 Å². The molecule has 0 radical (unpaired) electrons. The molecule has 0 amide bonds. The van der Waals surface area contributed by atoms with E-state index < -0.39 is 5.82 Å². The minimum absolute atomic E-state index is 0.179. The summed E-state index contributed by atoms with van der Waals surface area (Å²) < 4.78 is 20.1. The first-order valence-corrected chi connectivity index (χ1v) is 5.93. The van der Waals surface area contributed by atoms with Gasteiger partial charge >= 0.3 is 0 Å². The van der Waals surface area contributed by atoms with Crippen LogP contribution in [0.3, 0.4) is 0 Å². The highest BCUT2D eigenvalue weighted by atomic mass is 79.9. The summed E-state index contributed by atoms with van der Waals surface area (Å²) in [5, 5.41) is 0. The first-order chi connectivity index (χ1) is 8.61. The van der Waals surface area contributed by atoms with Crippen molar-refractivity contribution in [1.82, 2.24) is 9.55 Å². The molecule has 0 unspecified atom stereocenters. The molecule has 0 aliphatic rings. The van der Waals surface area contributed by atoms with Crippen LogP contribution in [0.4, 0.5) is 4.39 Å². The molecule has 2 aromatic rings. The number of benzene rings is 1. The summed E-state index contributed by atoms with van der Waals surface area (Å²) in [6.45, 7) is 0.256. The predicted octanol–water partition coefficient (Wildman–Crippen LogP) is 2.20. The van der Waals surface area contributed by atoms with Crippen molar-refractivity contribution < 1.29 is 9.13 Å². The van der Waals surface area contributed by atoms with Crippen molar-refractivity contribution in [3.8, 4) is 5.75 Å². The Kier molecular flexibility index (Phi) is 3.76. The molecule has 94 valence electrons. The van der Waals surface area contributed by atoms with Crippen LogP contribution in [-0.4, -0.2) is 16.7 Å². The van der Waals surface area contributed by atoms with E-state index in [4.69, 9.17) is 4.74 Å². The lowest BCUT2D eigenvalue weighted by Crippen LogP contribution is -2.21. The Morgan fingerprint density at radius 1 is 1.50 bits per heavy atom. The Labute approximate surface area is 111 Å². The van der Waals surface area contributed by atoms with Gasteiger partial charge in [-0.05, 0) is 33.6 Å². The Hall–Kier alpha value is -1.69. The van der Waals surface area contributed by atoms with Gasteiger partial charge < -0.3 is 4.74 Å². The van der Waals surface area contributed by atoms with Gasteiger partial charge in [0.1, 0.15) is 4.47 Å². The number of aromatic nitrogens is 2. The molecule has 0 spiro atoms. The Morgan fingerprint density at radius 3 is 2.94 bits per heavy atom. The summed E-state index contributed by atoms with van der Waals surface area (Å²) in [5.74, 6) is -0.274. The summed E-state index contributed by atoms with van der Waals surface area (Å²) >= 11 is 3.11. The van der Waals surface area contributed by atoms with Crippen molar-refractivity contribution in [2.75, 3.05) is 7.11 Å². The quantitative estimate of drug-likeness (QED) is 0.872. The lowest BCUT2D eigenvalue weighted by atomic mass is 10.2. The zero-order chi connectivity index (χ0) is 13.1. The van der Waals surface area contributed by atoms with Crippen LogP contribution in [0.15, 0.2) is 40.0 Å². The molecule has 0 saturated heterocycles. The van der Waals surface area contributed by atoms with Crippen LogP contribution in [0.1, 0.15) is 5.56 Å². The Bertz CT molecular complexity index is 628. The van der Waals surface area contributed by atoms with E-state index in [1.807, 2.05) is 0 Å². The molecule has 1 aromatic carbocycles. The lowest BCUT2D eigenvalue weighted by molar-refractivity contribution is 0.386. The van der Waals surface area contributed by atoms with E-state index >= 15 is 0 Å². The van der Waals surface area contributed by atoms with Gasteiger partial charge in [-0.25, -0.2) is 9.37 Å². The molecule has 4 nitrogen and oxygen atoms in total. The maximum atomic E-state index is 13.5. The van der Waals surface area contributed by atoms with Crippen molar-refractivity contribution in [2.24, 2.45) is 0 Å². The van der Waals surface area contributed by atoms with E-state index in [0.717, 1.165) is 0 Å². The van der Waals surface area contributed by atoms with Crippen molar-refractivity contribution >= 4 is 15.9 Å². The molecule has 0 aliphatic heterocycles. The van der Waals surface area contributed by atoms with Crippen LogP contribution in [0.25, 0.3) is 0 Å². The zero-order valence-corrected chi connectivity index (χ0v) is 11.1. The standard InChI is InChI=1S/C12H10BrFN2O2/c1-18-11-3-2-8(4-10(11)14)6-16-7-15-5-9(13)12(16)17/h2-5,7H,6H2,1H3. The van der Waals surface area contributed by atoms with Gasteiger partial charge in [0.15, 0.2) is 11.6 Å². The smallest absolute Gasteiger partial charge is 0.267 e. The molecule has 0 saturated carbocycles. The molecule has 0 fully saturated rings. The summed E-state index contributed by atoms with van der Waals surface area (Å²) in [6.07, 6.45) is 2.84. The molecular formula is C12H10BrFN2O2. The van der Waals surface area contributed by atoms with Crippen LogP contribution in [-0.2, 0) is 6.54 Å². The third-order valence-corrected chi connectivity index (χ3v) is 2.97. The SMILES string of the molecule is COc1ccc(Cn2cncc(Br)c2=O)cc1F. The highest BCUT2D eigenvalue weighted by Crippen LogP contribution is 2.18. The lowest BCUT2D eigenvalue weighted by Gasteiger charge is -2.07. The second kappa shape index (κ2) is 5.30. The van der Waals surface area contributed by atoms with Crippen molar-refractivity contribution in [3.63, 3.8) is 0 Å². The Morgan fingerprint density at radius 2 is 2.28 bits per heavy atom. The predicted molar refractivity (Wildman–Crippen MR) is 68.3 cm³/mol. The number of methoxy groups -OCH3 is 1. The van der Waals surface area contributed by atoms with Gasteiger partial charge in [-0.1, -0.05) is 6.07 Å². The fraction of sp³-hybridized carbons (Fsp3) is 0.167. The van der Waals surface area contributed by atoms with Gasteiger partial charge in [-0.15, -0.1) is 0 Å². The molecule has 1 aromatic heterocycles. The molecular weight excluding hydrogens is 303 g/mol. The largest absolute Gasteiger partial charge is 0.494 e. The summed E-state index contributed by atoms with van der Waals surface area (Å²) in [7, 11) is 1.40. The Balaban J connectivity index is 2.32. The van der Waals surface area contributed by atoms with E-state index in [1.54, 1.807) is 6.07 Å². The third kappa shape index (κ3) is 2.59. The molecule has 1 heterocycles. The van der Waals surface area contributed by atoms with Gasteiger partial charge in [0, 0.05) is 6.20 Å². The fourth-order valence-electron chi connectivity index (χ4n) is 1.54. The van der Waals surface area contributed by atoms with Crippen LogP contribution in [0, 0.1) is 5.82 Å². The van der Waals surface area contributed by atoms with Crippen molar-refractivity contribution in [1.29, 1.82) is 0 Å². The van der Waals surface area contributed by atoms with Crippen LogP contribution in [0.5, 0.6) is 5.75 Å². The summed E-state index contributed by atoms with van der Waals surface area (Å²) in [5.41, 5.74) is 0.455. The third-order valence-electron chi connectivity index (χ3n) is 2.43. The minimum Gasteiger partial charge on any atom is -0.494 e. The molecule has 0 N–H and O–H groups in total. The van der Waals surface area contributed by atoms with E-state index in [1.165, 1.54) is 36.3 Å². The van der Waals surface area contributed by atoms with Crippen molar-refractivity contribution in [3.05, 3.63) is 56.9 Å². The topological polar surface area (TPSA) is 44.1 Å². The minimum atomic E-state index is -0.453. The van der Waals surface area contributed by atoms with Gasteiger partial charge in [-0.2, -0.15) is 0 Å². The summed E-state index contributed by atoms with van der Waals surface area (Å²) in [6, 6.07) is 4.57. The molecule has 0 aliphatic carbocycles. The zero-order valence-electron chi connectivity index (χ0n) is 9.56. The van der Waals surface area contributed by atoms with Crippen molar-refractivity contribution in [2.45, 2.75) is 6.54 Å². The molecule has 0 atom stereocenters. The van der Waals surface area contributed by atoms with Gasteiger partial charge in [0.2, 0.25) is 0 Å². The fourth-order valence-corrected chi connectivity index (χ4v) is 1.89. The first kappa shape index (κ1) is 12.8. The molecule has 18 heavy (non-hydrogen) atoms. The summed E-state index contributed by atoms with van der Waals surface area (Å²) in [4.78, 5) is 15.6. The number of hydrogen-bond acceptors (Lipinski definition) is 3. The second-order valence-corrected chi connectivity index (χ2v) is 4.50. The molecule has 6 heteroatoms.